The van der Waals surface area contributed by atoms with E-state index in [1.54, 1.807) is 18.3 Å². The van der Waals surface area contributed by atoms with E-state index in [-0.39, 0.29) is 11.8 Å². The van der Waals surface area contributed by atoms with E-state index < -0.39 is 12.0 Å². The molecule has 1 aliphatic carbocycles. The third-order valence-electron chi connectivity index (χ3n) is 7.50. The topological polar surface area (TPSA) is 70.9 Å². The van der Waals surface area contributed by atoms with E-state index in [4.69, 9.17) is 0 Å². The number of alkyl halides is 3. The molecule has 2 aliphatic rings. The lowest BCUT2D eigenvalue weighted by Crippen LogP contribution is -2.32. The molecule has 1 atom stereocenters. The molecule has 1 aliphatic heterocycles. The molecule has 2 N–H and O–H groups in total. The van der Waals surface area contributed by atoms with Gasteiger partial charge in [0.1, 0.15) is 0 Å². The Labute approximate surface area is 225 Å². The zero-order valence-corrected chi connectivity index (χ0v) is 21.5. The van der Waals surface area contributed by atoms with E-state index in [2.05, 4.69) is 36.7 Å². The molecule has 2 aromatic heterocycles. The highest BCUT2D eigenvalue weighted by molar-refractivity contribution is 5.60. The molecule has 1 unspecified atom stereocenters. The molecule has 39 heavy (non-hydrogen) atoms. The van der Waals surface area contributed by atoms with Crippen molar-refractivity contribution < 1.29 is 13.2 Å². The molecule has 0 saturated carbocycles. The van der Waals surface area contributed by atoms with Crippen LogP contribution in [0.4, 0.5) is 36.2 Å². The zero-order valence-electron chi connectivity index (χ0n) is 21.5. The number of likely N-dealkylation sites (tertiary alicyclic amines) is 1. The molecule has 4 aromatic rings. The van der Waals surface area contributed by atoms with Gasteiger partial charge in [0.25, 0.3) is 5.82 Å². The minimum atomic E-state index is -4.69. The third kappa shape index (κ3) is 5.75. The molecule has 7 nitrogen and oxygen atoms in total. The number of rotatable bonds is 6. The Morgan fingerprint density at radius 1 is 0.795 bits per heavy atom. The standard InChI is InChI=1S/C29H30F3N7/c30-29(31,32)27-36-28(39(37-27)26-15-12-24(19-33-26)34-22-6-2-1-3-7-22)35-23-11-8-20-9-13-25(14-10-21(20)18-23)38-16-4-5-17-38/h1-3,6-8,11-12,15,18-19,25,34H,4-5,9-10,13-14,16-17H2,(H,35,36,37). The van der Waals surface area contributed by atoms with E-state index in [0.29, 0.717) is 17.4 Å². The Kier molecular flexibility index (Phi) is 6.95. The van der Waals surface area contributed by atoms with Crippen molar-refractivity contribution in [2.75, 3.05) is 23.7 Å². The average molecular weight is 534 g/mol. The average Bonchev–Trinajstić information content (AvgIpc) is 3.57. The van der Waals surface area contributed by atoms with Gasteiger partial charge in [-0.05, 0) is 99.1 Å². The van der Waals surface area contributed by atoms with Crippen LogP contribution in [0.2, 0.25) is 0 Å². The van der Waals surface area contributed by atoms with Gasteiger partial charge in [0.05, 0.1) is 11.9 Å². The van der Waals surface area contributed by atoms with Crippen molar-refractivity contribution >= 4 is 23.0 Å². The molecule has 2 aromatic carbocycles. The monoisotopic (exact) mass is 533 g/mol. The molecule has 1 saturated heterocycles. The first-order chi connectivity index (χ1) is 18.9. The number of aromatic nitrogens is 4. The van der Waals surface area contributed by atoms with Crippen LogP contribution in [-0.4, -0.2) is 43.8 Å². The Balaban J connectivity index is 1.23. The van der Waals surface area contributed by atoms with Crippen molar-refractivity contribution in [3.63, 3.8) is 0 Å². The lowest BCUT2D eigenvalue weighted by Gasteiger charge is -2.25. The third-order valence-corrected chi connectivity index (χ3v) is 7.50. The van der Waals surface area contributed by atoms with Crippen LogP contribution in [0.3, 0.4) is 0 Å². The van der Waals surface area contributed by atoms with Gasteiger partial charge in [-0.15, -0.1) is 5.10 Å². The van der Waals surface area contributed by atoms with Gasteiger partial charge in [0, 0.05) is 17.4 Å². The number of fused-ring (bicyclic) bond motifs is 1. The van der Waals surface area contributed by atoms with Gasteiger partial charge in [0.2, 0.25) is 5.95 Å². The first-order valence-electron chi connectivity index (χ1n) is 13.4. The summed E-state index contributed by atoms with van der Waals surface area (Å²) < 4.78 is 41.8. The summed E-state index contributed by atoms with van der Waals surface area (Å²) in [5.74, 6) is -1.04. The molecule has 0 spiro atoms. The fourth-order valence-electron chi connectivity index (χ4n) is 5.52. The van der Waals surface area contributed by atoms with Crippen molar-refractivity contribution in [3.8, 4) is 5.82 Å². The summed E-state index contributed by atoms with van der Waals surface area (Å²) in [6.07, 6.45) is 3.62. The fourth-order valence-corrected chi connectivity index (χ4v) is 5.52. The van der Waals surface area contributed by atoms with E-state index in [1.807, 2.05) is 42.5 Å². The Hall–Kier alpha value is -3.92. The van der Waals surface area contributed by atoms with E-state index >= 15 is 0 Å². The van der Waals surface area contributed by atoms with Crippen molar-refractivity contribution in [2.24, 2.45) is 0 Å². The first-order valence-corrected chi connectivity index (χ1v) is 13.4. The summed E-state index contributed by atoms with van der Waals surface area (Å²) >= 11 is 0. The number of aryl methyl sites for hydroxylation is 2. The van der Waals surface area contributed by atoms with Crippen LogP contribution in [0.25, 0.3) is 5.82 Å². The molecule has 10 heteroatoms. The number of benzene rings is 2. The van der Waals surface area contributed by atoms with Gasteiger partial charge in [-0.1, -0.05) is 24.3 Å². The van der Waals surface area contributed by atoms with Crippen LogP contribution in [0.1, 0.15) is 42.6 Å². The minimum Gasteiger partial charge on any atom is -0.354 e. The molecular formula is C29H30F3N7. The normalized spacial score (nSPS) is 18.0. The second kappa shape index (κ2) is 10.7. The van der Waals surface area contributed by atoms with E-state index in [9.17, 15) is 13.2 Å². The summed E-state index contributed by atoms with van der Waals surface area (Å²) in [6.45, 7) is 2.37. The Morgan fingerprint density at radius 3 is 2.26 bits per heavy atom. The summed E-state index contributed by atoms with van der Waals surface area (Å²) in [4.78, 5) is 10.8. The smallest absolute Gasteiger partial charge is 0.354 e. The van der Waals surface area contributed by atoms with Gasteiger partial charge >= 0.3 is 6.18 Å². The quantitative estimate of drug-likeness (QED) is 0.275. The minimum absolute atomic E-state index is 0.0397. The number of pyridine rings is 1. The van der Waals surface area contributed by atoms with Crippen molar-refractivity contribution in [2.45, 2.75) is 50.7 Å². The maximum absolute atomic E-state index is 13.6. The largest absolute Gasteiger partial charge is 0.453 e. The molecule has 6 rings (SSSR count). The highest BCUT2D eigenvalue weighted by Gasteiger charge is 2.37. The van der Waals surface area contributed by atoms with E-state index in [1.165, 1.54) is 37.1 Å². The van der Waals surface area contributed by atoms with Gasteiger partial charge in [-0.3, -0.25) is 0 Å². The number of nitrogens with zero attached hydrogens (tertiary/aromatic N) is 5. The Bertz CT molecular complexity index is 1410. The predicted octanol–water partition coefficient (Wildman–Crippen LogP) is 6.51. The fraction of sp³-hybridized carbons (Fsp3) is 0.345. The highest BCUT2D eigenvalue weighted by Crippen LogP contribution is 2.32. The number of halogens is 3. The molecule has 0 amide bonds. The van der Waals surface area contributed by atoms with E-state index in [0.717, 1.165) is 36.1 Å². The number of hydrogen-bond acceptors (Lipinski definition) is 6. The maximum Gasteiger partial charge on any atom is 0.453 e. The predicted molar refractivity (Wildman–Crippen MR) is 145 cm³/mol. The molecule has 202 valence electrons. The second-order valence-electron chi connectivity index (χ2n) is 10.1. The first kappa shape index (κ1) is 25.4. The maximum atomic E-state index is 13.6. The lowest BCUT2D eigenvalue weighted by molar-refractivity contribution is -0.144. The van der Waals surface area contributed by atoms with Gasteiger partial charge in [-0.2, -0.15) is 22.8 Å². The van der Waals surface area contributed by atoms with Crippen LogP contribution < -0.4 is 10.6 Å². The summed E-state index contributed by atoms with van der Waals surface area (Å²) in [5, 5.41) is 10.0. The molecule has 0 bridgehead atoms. The van der Waals surface area contributed by atoms with Gasteiger partial charge in [0.15, 0.2) is 5.82 Å². The molecular weight excluding hydrogens is 503 g/mol. The summed E-state index contributed by atoms with van der Waals surface area (Å²) in [6, 6.07) is 19.5. The van der Waals surface area contributed by atoms with Crippen LogP contribution in [0.15, 0.2) is 66.9 Å². The Morgan fingerprint density at radius 2 is 1.54 bits per heavy atom. The number of hydrogen-bond donors (Lipinski definition) is 2. The number of para-hydroxylation sites is 1. The summed E-state index contributed by atoms with van der Waals surface area (Å²) in [5.41, 5.74) is 4.80. The molecule has 3 heterocycles. The second-order valence-corrected chi connectivity index (χ2v) is 10.1. The molecule has 0 radical (unpaired) electrons. The van der Waals surface area contributed by atoms with Crippen LogP contribution in [-0.2, 0) is 19.0 Å². The SMILES string of the molecule is FC(F)(F)c1nc(Nc2ccc3c(c2)CCC(N2CCCC2)CC3)n(-c2ccc(Nc3ccccc3)cn2)n1. The van der Waals surface area contributed by atoms with Crippen molar-refractivity contribution in [3.05, 3.63) is 83.8 Å². The van der Waals surface area contributed by atoms with Crippen molar-refractivity contribution in [1.82, 2.24) is 24.6 Å². The zero-order chi connectivity index (χ0) is 26.8. The van der Waals surface area contributed by atoms with Crippen LogP contribution in [0.5, 0.6) is 0 Å². The number of anilines is 4. The van der Waals surface area contributed by atoms with Crippen LogP contribution in [0, 0.1) is 0 Å². The highest BCUT2D eigenvalue weighted by atomic mass is 19.4. The molecule has 1 fully saturated rings. The van der Waals surface area contributed by atoms with Gasteiger partial charge in [-0.25, -0.2) is 4.98 Å². The van der Waals surface area contributed by atoms with Crippen molar-refractivity contribution in [1.29, 1.82) is 0 Å². The lowest BCUT2D eigenvalue weighted by atomic mass is 10.0. The van der Waals surface area contributed by atoms with Gasteiger partial charge < -0.3 is 15.5 Å². The number of nitrogens with one attached hydrogen (secondary N) is 2. The summed E-state index contributed by atoms with van der Waals surface area (Å²) in [7, 11) is 0. The van der Waals surface area contributed by atoms with Crippen LogP contribution >= 0.6 is 0 Å².